The fourth-order valence-corrected chi connectivity index (χ4v) is 2.10. The zero-order valence-electron chi connectivity index (χ0n) is 10.5. The Hall–Kier alpha value is -0.870. The summed E-state index contributed by atoms with van der Waals surface area (Å²) in [5.74, 6) is 0.476. The molecular weight excluding hydrogens is 238 g/mol. The molecule has 0 saturated carbocycles. The van der Waals surface area contributed by atoms with Gasteiger partial charge in [-0.1, -0.05) is 11.6 Å². The van der Waals surface area contributed by atoms with E-state index in [1.807, 2.05) is 13.8 Å². The van der Waals surface area contributed by atoms with Crippen LogP contribution in [0.3, 0.4) is 0 Å². The van der Waals surface area contributed by atoms with Crippen molar-refractivity contribution in [2.75, 3.05) is 20.1 Å². The molecule has 17 heavy (non-hydrogen) atoms. The number of hydrogen-bond donors (Lipinski definition) is 0. The molecule has 0 atom stereocenters. The second-order valence-corrected chi connectivity index (χ2v) is 4.97. The number of rotatable bonds is 2. The Bertz CT molecular complexity index is 403. The van der Waals surface area contributed by atoms with Crippen LogP contribution in [0.2, 0.25) is 5.15 Å². The lowest BCUT2D eigenvalue weighted by molar-refractivity contribution is 0.109. The van der Waals surface area contributed by atoms with Crippen molar-refractivity contribution in [2.45, 2.75) is 32.8 Å². The SMILES string of the molecule is Cc1nc(Cl)c(OC2CCN(C)CC2)nc1C. The number of piperidine rings is 1. The van der Waals surface area contributed by atoms with E-state index < -0.39 is 0 Å². The minimum atomic E-state index is 0.208. The van der Waals surface area contributed by atoms with Gasteiger partial charge in [-0.3, -0.25) is 0 Å². The molecule has 0 unspecified atom stereocenters. The zero-order valence-corrected chi connectivity index (χ0v) is 11.3. The molecule has 1 aliphatic rings. The van der Waals surface area contributed by atoms with E-state index in [1.54, 1.807) is 0 Å². The van der Waals surface area contributed by atoms with Crippen LogP contribution in [0, 0.1) is 13.8 Å². The molecule has 4 nitrogen and oxygen atoms in total. The summed E-state index contributed by atoms with van der Waals surface area (Å²) in [5, 5.41) is 0.368. The Labute approximate surface area is 107 Å². The highest BCUT2D eigenvalue weighted by atomic mass is 35.5. The second-order valence-electron chi connectivity index (χ2n) is 4.61. The van der Waals surface area contributed by atoms with E-state index in [0.29, 0.717) is 11.0 Å². The first-order valence-electron chi connectivity index (χ1n) is 5.92. The van der Waals surface area contributed by atoms with Crippen LogP contribution < -0.4 is 4.74 Å². The maximum Gasteiger partial charge on any atom is 0.252 e. The number of halogens is 1. The maximum atomic E-state index is 6.04. The van der Waals surface area contributed by atoms with Crippen LogP contribution in [0.25, 0.3) is 0 Å². The summed E-state index contributed by atoms with van der Waals surface area (Å²) < 4.78 is 5.84. The molecule has 1 aliphatic heterocycles. The molecule has 1 aromatic heterocycles. The fourth-order valence-electron chi connectivity index (χ4n) is 1.89. The standard InChI is InChI=1S/C12H18ClN3O/c1-8-9(2)15-12(11(13)14-8)17-10-4-6-16(3)7-5-10/h10H,4-7H2,1-3H3. The average molecular weight is 256 g/mol. The highest BCUT2D eigenvalue weighted by molar-refractivity contribution is 6.30. The number of nitrogens with zero attached hydrogens (tertiary/aromatic N) is 3. The van der Waals surface area contributed by atoms with Gasteiger partial charge < -0.3 is 9.64 Å². The first-order chi connectivity index (χ1) is 8.06. The van der Waals surface area contributed by atoms with E-state index in [9.17, 15) is 0 Å². The molecule has 2 rings (SSSR count). The van der Waals surface area contributed by atoms with Crippen molar-refractivity contribution in [1.82, 2.24) is 14.9 Å². The predicted molar refractivity (Wildman–Crippen MR) is 67.7 cm³/mol. The Morgan fingerprint density at radius 3 is 2.41 bits per heavy atom. The lowest BCUT2D eigenvalue weighted by Gasteiger charge is -2.29. The second kappa shape index (κ2) is 5.19. The summed E-state index contributed by atoms with van der Waals surface area (Å²) in [7, 11) is 2.12. The number of likely N-dealkylation sites (tertiary alicyclic amines) is 1. The lowest BCUT2D eigenvalue weighted by Crippen LogP contribution is -2.35. The van der Waals surface area contributed by atoms with Crippen LogP contribution in [-0.4, -0.2) is 41.1 Å². The van der Waals surface area contributed by atoms with Crippen molar-refractivity contribution in [1.29, 1.82) is 0 Å². The molecule has 5 heteroatoms. The monoisotopic (exact) mass is 255 g/mol. The van der Waals surface area contributed by atoms with Gasteiger partial charge in [0.2, 0.25) is 0 Å². The van der Waals surface area contributed by atoms with Crippen molar-refractivity contribution in [3.8, 4) is 5.88 Å². The Kier molecular flexibility index (Phi) is 3.84. The summed E-state index contributed by atoms with van der Waals surface area (Å²) in [6, 6.07) is 0. The van der Waals surface area contributed by atoms with Gasteiger partial charge in [-0.05, 0) is 33.7 Å². The molecule has 0 radical (unpaired) electrons. The fraction of sp³-hybridized carbons (Fsp3) is 0.667. The van der Waals surface area contributed by atoms with Gasteiger partial charge in [0.1, 0.15) is 6.10 Å². The van der Waals surface area contributed by atoms with E-state index in [1.165, 1.54) is 0 Å². The zero-order chi connectivity index (χ0) is 12.4. The van der Waals surface area contributed by atoms with Gasteiger partial charge in [-0.2, -0.15) is 0 Å². The number of aryl methyl sites for hydroxylation is 2. The van der Waals surface area contributed by atoms with Gasteiger partial charge in [0.25, 0.3) is 5.88 Å². The minimum absolute atomic E-state index is 0.208. The summed E-state index contributed by atoms with van der Waals surface area (Å²) in [5.41, 5.74) is 1.73. The molecule has 0 N–H and O–H groups in total. The van der Waals surface area contributed by atoms with Gasteiger partial charge in [0, 0.05) is 13.1 Å². The molecule has 1 saturated heterocycles. The minimum Gasteiger partial charge on any atom is -0.472 e. The number of aromatic nitrogens is 2. The maximum absolute atomic E-state index is 6.04. The summed E-state index contributed by atoms with van der Waals surface area (Å²) in [6.45, 7) is 5.93. The highest BCUT2D eigenvalue weighted by Gasteiger charge is 2.20. The van der Waals surface area contributed by atoms with E-state index in [-0.39, 0.29) is 6.10 Å². The van der Waals surface area contributed by atoms with Gasteiger partial charge in [0.15, 0.2) is 5.15 Å². The highest BCUT2D eigenvalue weighted by Crippen LogP contribution is 2.24. The third kappa shape index (κ3) is 3.07. The largest absolute Gasteiger partial charge is 0.472 e. The van der Waals surface area contributed by atoms with E-state index in [2.05, 4.69) is 21.9 Å². The Morgan fingerprint density at radius 2 is 1.76 bits per heavy atom. The molecular formula is C12H18ClN3O. The Balaban J connectivity index is 2.06. The molecule has 1 aromatic rings. The quantitative estimate of drug-likeness (QED) is 0.812. The van der Waals surface area contributed by atoms with Crippen LogP contribution in [0.4, 0.5) is 0 Å². The van der Waals surface area contributed by atoms with Crippen LogP contribution in [0.15, 0.2) is 0 Å². The van der Waals surface area contributed by atoms with Gasteiger partial charge in [-0.15, -0.1) is 0 Å². The molecule has 0 spiro atoms. The first-order valence-corrected chi connectivity index (χ1v) is 6.30. The third-order valence-electron chi connectivity index (χ3n) is 3.18. The first kappa shape index (κ1) is 12.6. The normalized spacial score (nSPS) is 18.4. The van der Waals surface area contributed by atoms with Crippen LogP contribution in [0.1, 0.15) is 24.2 Å². The van der Waals surface area contributed by atoms with Gasteiger partial charge in [0.05, 0.1) is 11.4 Å². The molecule has 0 aliphatic carbocycles. The average Bonchev–Trinajstić information content (AvgIpc) is 2.29. The Morgan fingerprint density at radius 1 is 1.18 bits per heavy atom. The van der Waals surface area contributed by atoms with Crippen molar-refractivity contribution in [2.24, 2.45) is 0 Å². The molecule has 0 amide bonds. The van der Waals surface area contributed by atoms with Crippen LogP contribution >= 0.6 is 11.6 Å². The van der Waals surface area contributed by atoms with Crippen molar-refractivity contribution in [3.05, 3.63) is 16.5 Å². The van der Waals surface area contributed by atoms with E-state index in [4.69, 9.17) is 16.3 Å². The third-order valence-corrected chi connectivity index (χ3v) is 3.43. The van der Waals surface area contributed by atoms with E-state index in [0.717, 1.165) is 37.3 Å². The van der Waals surface area contributed by atoms with Crippen molar-refractivity contribution < 1.29 is 4.74 Å². The molecule has 0 bridgehead atoms. The van der Waals surface area contributed by atoms with Gasteiger partial charge >= 0.3 is 0 Å². The van der Waals surface area contributed by atoms with Crippen molar-refractivity contribution in [3.63, 3.8) is 0 Å². The lowest BCUT2D eigenvalue weighted by atomic mass is 10.1. The van der Waals surface area contributed by atoms with Gasteiger partial charge in [-0.25, -0.2) is 9.97 Å². The molecule has 0 aromatic carbocycles. The summed E-state index contributed by atoms with van der Waals surface area (Å²) in [6.07, 6.45) is 2.24. The number of hydrogen-bond acceptors (Lipinski definition) is 4. The smallest absolute Gasteiger partial charge is 0.252 e. The topological polar surface area (TPSA) is 38.2 Å². The van der Waals surface area contributed by atoms with E-state index >= 15 is 0 Å². The molecule has 1 fully saturated rings. The summed E-state index contributed by atoms with van der Waals surface area (Å²) in [4.78, 5) is 10.9. The summed E-state index contributed by atoms with van der Waals surface area (Å²) >= 11 is 6.04. The van der Waals surface area contributed by atoms with Crippen molar-refractivity contribution >= 4 is 11.6 Å². The molecule has 2 heterocycles. The van der Waals surface area contributed by atoms with Crippen LogP contribution in [-0.2, 0) is 0 Å². The molecule has 94 valence electrons. The van der Waals surface area contributed by atoms with Crippen LogP contribution in [0.5, 0.6) is 5.88 Å². The number of ether oxygens (including phenoxy) is 1. The predicted octanol–water partition coefficient (Wildman–Crippen LogP) is 2.22.